The number of carbonyl (C=O) groups excluding carboxylic acids is 1. The minimum absolute atomic E-state index is 0.0880. The van der Waals surface area contributed by atoms with E-state index in [9.17, 15) is 4.79 Å². The fourth-order valence-electron chi connectivity index (χ4n) is 3.36. The molecule has 3 rings (SSSR count). The van der Waals surface area contributed by atoms with Crippen LogP contribution in [0.5, 0.6) is 5.75 Å². The van der Waals surface area contributed by atoms with Crippen molar-refractivity contribution in [3.05, 3.63) is 64.7 Å². The van der Waals surface area contributed by atoms with Gasteiger partial charge in [0.1, 0.15) is 5.75 Å². The third-order valence-electron chi connectivity index (χ3n) is 4.65. The Morgan fingerprint density at radius 2 is 1.84 bits per heavy atom. The number of hydrogen-bond acceptors (Lipinski definition) is 3. The van der Waals surface area contributed by atoms with Gasteiger partial charge in [-0.3, -0.25) is 9.69 Å². The van der Waals surface area contributed by atoms with Gasteiger partial charge in [-0.1, -0.05) is 41.9 Å². The smallest absolute Gasteiger partial charge is 0.252 e. The van der Waals surface area contributed by atoms with Crippen LogP contribution in [0.2, 0.25) is 5.02 Å². The van der Waals surface area contributed by atoms with Crippen molar-refractivity contribution in [3.63, 3.8) is 0 Å². The molecule has 0 radical (unpaired) electrons. The molecule has 0 aromatic heterocycles. The maximum Gasteiger partial charge on any atom is 0.252 e. The number of nitrogens with one attached hydrogen (secondary N) is 1. The number of ether oxygens (including phenoxy) is 1. The number of hydrogen-bond donors (Lipinski definition) is 1. The highest BCUT2D eigenvalue weighted by Crippen LogP contribution is 2.31. The van der Waals surface area contributed by atoms with E-state index in [0.717, 1.165) is 24.4 Å². The summed E-state index contributed by atoms with van der Waals surface area (Å²) in [6, 6.07) is 15.2. The second kappa shape index (κ2) is 8.37. The Morgan fingerprint density at radius 1 is 1.16 bits per heavy atom. The van der Waals surface area contributed by atoms with Crippen LogP contribution in [-0.2, 0) is 0 Å². The average Bonchev–Trinajstić information content (AvgIpc) is 3.17. The number of likely N-dealkylation sites (tertiary alicyclic amines) is 1. The van der Waals surface area contributed by atoms with Crippen LogP contribution in [0.25, 0.3) is 0 Å². The van der Waals surface area contributed by atoms with Gasteiger partial charge in [0, 0.05) is 12.1 Å². The molecule has 1 amide bonds. The number of methoxy groups -OCH3 is 1. The van der Waals surface area contributed by atoms with E-state index in [-0.39, 0.29) is 11.9 Å². The second-order valence-electron chi connectivity index (χ2n) is 6.19. The summed E-state index contributed by atoms with van der Waals surface area (Å²) in [6.45, 7) is 2.58. The first-order valence-electron chi connectivity index (χ1n) is 8.60. The molecule has 0 spiro atoms. The quantitative estimate of drug-likeness (QED) is 0.851. The molecular formula is C20H23ClN2O2. The molecule has 1 atom stereocenters. The van der Waals surface area contributed by atoms with Gasteiger partial charge >= 0.3 is 0 Å². The molecule has 25 heavy (non-hydrogen) atoms. The van der Waals surface area contributed by atoms with Crippen LogP contribution in [0.4, 0.5) is 0 Å². The minimum atomic E-state index is -0.148. The van der Waals surface area contributed by atoms with Gasteiger partial charge in [-0.2, -0.15) is 0 Å². The Hall–Kier alpha value is -2.04. The summed E-state index contributed by atoms with van der Waals surface area (Å²) >= 11 is 6.13. The summed E-state index contributed by atoms with van der Waals surface area (Å²) in [4.78, 5) is 14.9. The van der Waals surface area contributed by atoms with Crippen molar-refractivity contribution in [2.45, 2.75) is 18.9 Å². The Bertz CT molecular complexity index is 729. The predicted octanol–water partition coefficient (Wildman–Crippen LogP) is 3.92. The molecule has 4 nitrogen and oxygen atoms in total. The first-order chi connectivity index (χ1) is 12.2. The molecule has 1 saturated heterocycles. The molecule has 0 saturated carbocycles. The van der Waals surface area contributed by atoms with Crippen LogP contribution in [-0.4, -0.2) is 37.6 Å². The van der Waals surface area contributed by atoms with E-state index >= 15 is 0 Å². The summed E-state index contributed by atoms with van der Waals surface area (Å²) in [6.07, 6.45) is 2.37. The summed E-state index contributed by atoms with van der Waals surface area (Å²) in [7, 11) is 1.68. The number of nitrogens with zero attached hydrogens (tertiary/aromatic N) is 1. The van der Waals surface area contributed by atoms with E-state index in [4.69, 9.17) is 16.3 Å². The van der Waals surface area contributed by atoms with Crippen molar-refractivity contribution in [3.8, 4) is 5.75 Å². The third-order valence-corrected chi connectivity index (χ3v) is 4.98. The van der Waals surface area contributed by atoms with E-state index in [1.54, 1.807) is 19.2 Å². The fourth-order valence-corrected chi connectivity index (χ4v) is 3.58. The van der Waals surface area contributed by atoms with E-state index in [1.165, 1.54) is 12.8 Å². The van der Waals surface area contributed by atoms with Gasteiger partial charge in [0.15, 0.2) is 0 Å². The van der Waals surface area contributed by atoms with E-state index in [0.29, 0.717) is 17.1 Å². The molecule has 0 aliphatic carbocycles. The van der Waals surface area contributed by atoms with Crippen molar-refractivity contribution in [2.24, 2.45) is 0 Å². The fraction of sp³-hybridized carbons (Fsp3) is 0.350. The first-order valence-corrected chi connectivity index (χ1v) is 8.98. The molecule has 1 heterocycles. The molecule has 2 aromatic rings. The van der Waals surface area contributed by atoms with Crippen molar-refractivity contribution in [1.29, 1.82) is 0 Å². The normalized spacial score (nSPS) is 15.8. The maximum atomic E-state index is 12.5. The number of rotatable bonds is 6. The maximum absolute atomic E-state index is 12.5. The Balaban J connectivity index is 1.79. The van der Waals surface area contributed by atoms with Crippen molar-refractivity contribution < 1.29 is 9.53 Å². The second-order valence-corrected chi connectivity index (χ2v) is 6.60. The summed E-state index contributed by atoms with van der Waals surface area (Å²) in [5, 5.41) is 3.51. The molecule has 1 aliphatic rings. The zero-order valence-corrected chi connectivity index (χ0v) is 15.1. The molecule has 132 valence electrons. The lowest BCUT2D eigenvalue weighted by atomic mass is 10.0. The van der Waals surface area contributed by atoms with Crippen LogP contribution in [0, 0.1) is 0 Å². The summed E-state index contributed by atoms with van der Waals surface area (Å²) in [5.41, 5.74) is 1.61. The van der Waals surface area contributed by atoms with Gasteiger partial charge in [-0.05, 0) is 44.1 Å². The van der Waals surface area contributed by atoms with Crippen molar-refractivity contribution in [1.82, 2.24) is 10.2 Å². The highest BCUT2D eigenvalue weighted by Gasteiger charge is 2.26. The van der Waals surface area contributed by atoms with Crippen LogP contribution in [0.15, 0.2) is 48.5 Å². The molecule has 1 N–H and O–H groups in total. The number of halogens is 1. The minimum Gasteiger partial charge on any atom is -0.496 e. The number of amides is 1. The summed E-state index contributed by atoms with van der Waals surface area (Å²) < 4.78 is 5.54. The van der Waals surface area contributed by atoms with Crippen LogP contribution in [0.1, 0.15) is 34.8 Å². The molecule has 5 heteroatoms. The Labute approximate surface area is 153 Å². The largest absolute Gasteiger partial charge is 0.496 e. The number of para-hydroxylation sites is 1. The standard InChI is InChI=1S/C20H23ClN2O2/c1-25-19-11-5-3-9-16(19)18(23-12-6-7-13-23)14-22-20(24)15-8-2-4-10-17(15)21/h2-5,8-11,18H,6-7,12-14H2,1H3,(H,22,24). The lowest BCUT2D eigenvalue weighted by Crippen LogP contribution is -2.37. The lowest BCUT2D eigenvalue weighted by Gasteiger charge is -2.29. The molecule has 1 unspecified atom stereocenters. The molecule has 2 aromatic carbocycles. The van der Waals surface area contributed by atoms with Gasteiger partial charge < -0.3 is 10.1 Å². The topological polar surface area (TPSA) is 41.6 Å². The van der Waals surface area contributed by atoms with Crippen LogP contribution >= 0.6 is 11.6 Å². The van der Waals surface area contributed by atoms with Gasteiger partial charge in [0.05, 0.1) is 23.7 Å². The molecule has 1 aliphatic heterocycles. The van der Waals surface area contributed by atoms with E-state index in [1.807, 2.05) is 30.3 Å². The van der Waals surface area contributed by atoms with Crippen molar-refractivity contribution in [2.75, 3.05) is 26.7 Å². The highest BCUT2D eigenvalue weighted by molar-refractivity contribution is 6.33. The summed E-state index contributed by atoms with van der Waals surface area (Å²) in [5.74, 6) is 0.705. The average molecular weight is 359 g/mol. The van der Waals surface area contributed by atoms with Gasteiger partial charge in [-0.25, -0.2) is 0 Å². The van der Waals surface area contributed by atoms with Gasteiger partial charge in [0.25, 0.3) is 5.91 Å². The van der Waals surface area contributed by atoms with Crippen LogP contribution < -0.4 is 10.1 Å². The molecule has 0 bridgehead atoms. The van der Waals surface area contributed by atoms with Crippen molar-refractivity contribution >= 4 is 17.5 Å². The Morgan fingerprint density at radius 3 is 2.56 bits per heavy atom. The van der Waals surface area contributed by atoms with Crippen LogP contribution in [0.3, 0.4) is 0 Å². The first kappa shape index (κ1) is 17.8. The molecule has 1 fully saturated rings. The third kappa shape index (κ3) is 4.14. The van der Waals surface area contributed by atoms with E-state index in [2.05, 4.69) is 16.3 Å². The zero-order chi connectivity index (χ0) is 17.6. The van der Waals surface area contributed by atoms with E-state index < -0.39 is 0 Å². The monoisotopic (exact) mass is 358 g/mol. The highest BCUT2D eigenvalue weighted by atomic mass is 35.5. The lowest BCUT2D eigenvalue weighted by molar-refractivity contribution is 0.0937. The molecular weight excluding hydrogens is 336 g/mol. The van der Waals surface area contributed by atoms with Gasteiger partial charge in [0.2, 0.25) is 0 Å². The predicted molar refractivity (Wildman–Crippen MR) is 100 cm³/mol. The SMILES string of the molecule is COc1ccccc1C(CNC(=O)c1ccccc1Cl)N1CCCC1. The zero-order valence-electron chi connectivity index (χ0n) is 14.4. The number of benzene rings is 2. The Kier molecular flexibility index (Phi) is 5.95. The number of carbonyl (C=O) groups is 1. The van der Waals surface area contributed by atoms with Gasteiger partial charge in [-0.15, -0.1) is 0 Å².